The number of rotatable bonds is 4. The molecule has 0 radical (unpaired) electrons. The second kappa shape index (κ2) is 6.57. The van der Waals surface area contributed by atoms with Crippen LogP contribution >= 0.6 is 0 Å². The van der Waals surface area contributed by atoms with Crippen molar-refractivity contribution in [3.8, 4) is 0 Å². The lowest BCUT2D eigenvalue weighted by Crippen LogP contribution is -2.42. The van der Waals surface area contributed by atoms with E-state index in [9.17, 15) is 4.79 Å². The summed E-state index contributed by atoms with van der Waals surface area (Å²) in [6, 6.07) is 9.87. The molecule has 0 bridgehead atoms. The van der Waals surface area contributed by atoms with Gasteiger partial charge in [0.1, 0.15) is 5.82 Å². The molecule has 3 aromatic rings. The van der Waals surface area contributed by atoms with Gasteiger partial charge < -0.3 is 4.98 Å². The zero-order valence-corrected chi connectivity index (χ0v) is 13.6. The van der Waals surface area contributed by atoms with Crippen LogP contribution in [0, 0.1) is 0 Å². The van der Waals surface area contributed by atoms with Gasteiger partial charge >= 0.3 is 0 Å². The van der Waals surface area contributed by atoms with Crippen LogP contribution < -0.4 is 5.56 Å². The first-order valence-electron chi connectivity index (χ1n) is 8.49. The third-order valence-electron chi connectivity index (χ3n) is 4.72. The van der Waals surface area contributed by atoms with Gasteiger partial charge in [-0.15, -0.1) is 0 Å². The molecular formula is C18H21N5O. The number of hydrogen-bond donors (Lipinski definition) is 1. The molecule has 0 unspecified atom stereocenters. The van der Waals surface area contributed by atoms with Crippen molar-refractivity contribution in [2.75, 3.05) is 6.54 Å². The summed E-state index contributed by atoms with van der Waals surface area (Å²) in [5.74, 6) is 0.742. The molecule has 1 N–H and O–H groups in total. The Kier molecular flexibility index (Phi) is 4.13. The van der Waals surface area contributed by atoms with Crippen LogP contribution in [0.5, 0.6) is 0 Å². The highest BCUT2D eigenvalue weighted by atomic mass is 16.1. The lowest BCUT2D eigenvalue weighted by atomic mass is 10.0. The van der Waals surface area contributed by atoms with Gasteiger partial charge in [0.2, 0.25) is 0 Å². The Morgan fingerprint density at radius 3 is 3.00 bits per heavy atom. The molecule has 1 aliphatic rings. The first-order chi connectivity index (χ1) is 11.8. The van der Waals surface area contributed by atoms with E-state index < -0.39 is 0 Å². The smallest absolute Gasteiger partial charge is 0.258 e. The Morgan fingerprint density at radius 2 is 2.12 bits per heavy atom. The maximum atomic E-state index is 12.3. The zero-order chi connectivity index (χ0) is 16.4. The van der Waals surface area contributed by atoms with E-state index in [1.165, 1.54) is 12.8 Å². The molecule has 6 heteroatoms. The molecule has 2 aromatic heterocycles. The molecule has 0 aliphatic carbocycles. The van der Waals surface area contributed by atoms with Gasteiger partial charge in [0, 0.05) is 18.4 Å². The van der Waals surface area contributed by atoms with Gasteiger partial charge in [-0.3, -0.25) is 14.4 Å². The zero-order valence-electron chi connectivity index (χ0n) is 13.6. The average molecular weight is 323 g/mol. The van der Waals surface area contributed by atoms with Crippen LogP contribution in [0.2, 0.25) is 0 Å². The van der Waals surface area contributed by atoms with Crippen molar-refractivity contribution < 1.29 is 0 Å². The van der Waals surface area contributed by atoms with Gasteiger partial charge in [-0.2, -0.15) is 5.10 Å². The van der Waals surface area contributed by atoms with Crippen molar-refractivity contribution in [3.05, 3.63) is 58.9 Å². The monoisotopic (exact) mass is 323 g/mol. The summed E-state index contributed by atoms with van der Waals surface area (Å²) in [6.07, 6.45) is 7.40. The van der Waals surface area contributed by atoms with Crippen LogP contribution in [0.15, 0.2) is 47.5 Å². The lowest BCUT2D eigenvalue weighted by molar-refractivity contribution is 0.119. The summed E-state index contributed by atoms with van der Waals surface area (Å²) < 4.78 is 1.99. The number of H-pyrrole nitrogens is 1. The number of piperidine rings is 1. The fraction of sp³-hybridized carbons (Fsp3) is 0.389. The van der Waals surface area contributed by atoms with Gasteiger partial charge in [-0.25, -0.2) is 4.98 Å². The minimum absolute atomic E-state index is 0.0590. The highest BCUT2D eigenvalue weighted by molar-refractivity contribution is 5.77. The van der Waals surface area contributed by atoms with Crippen molar-refractivity contribution in [2.45, 2.75) is 38.4 Å². The van der Waals surface area contributed by atoms with E-state index in [1.54, 1.807) is 0 Å². The van der Waals surface area contributed by atoms with E-state index in [2.05, 4.69) is 20.0 Å². The number of benzene rings is 1. The van der Waals surface area contributed by atoms with Crippen molar-refractivity contribution in [1.29, 1.82) is 0 Å². The first kappa shape index (κ1) is 15.1. The molecule has 1 fully saturated rings. The Morgan fingerprint density at radius 1 is 1.21 bits per heavy atom. The maximum absolute atomic E-state index is 12.3. The second-order valence-electron chi connectivity index (χ2n) is 6.38. The summed E-state index contributed by atoms with van der Waals surface area (Å²) in [5.41, 5.74) is 0.702. The molecule has 1 saturated heterocycles. The number of likely N-dealkylation sites (tertiary alicyclic amines) is 1. The SMILES string of the molecule is O=c1[nH]c(CN2CCCC[C@H]2Cn2cccn2)nc2ccccc12. The van der Waals surface area contributed by atoms with Gasteiger partial charge in [-0.1, -0.05) is 18.6 Å². The van der Waals surface area contributed by atoms with Crippen LogP contribution in [-0.4, -0.2) is 37.2 Å². The molecule has 0 saturated carbocycles. The molecule has 124 valence electrons. The third-order valence-corrected chi connectivity index (χ3v) is 4.72. The highest BCUT2D eigenvalue weighted by Crippen LogP contribution is 2.20. The Bertz CT molecular complexity index is 871. The summed E-state index contributed by atoms with van der Waals surface area (Å²) in [4.78, 5) is 22.3. The Hall–Kier alpha value is -2.47. The molecule has 3 heterocycles. The molecule has 6 nitrogen and oxygen atoms in total. The van der Waals surface area contributed by atoms with E-state index >= 15 is 0 Å². The number of nitrogens with zero attached hydrogens (tertiary/aromatic N) is 4. The van der Waals surface area contributed by atoms with Crippen molar-refractivity contribution in [1.82, 2.24) is 24.6 Å². The molecule has 4 rings (SSSR count). The quantitative estimate of drug-likeness (QED) is 0.799. The average Bonchev–Trinajstić information content (AvgIpc) is 3.10. The van der Waals surface area contributed by atoms with Crippen LogP contribution in [0.4, 0.5) is 0 Å². The van der Waals surface area contributed by atoms with E-state index in [0.717, 1.165) is 30.9 Å². The summed E-state index contributed by atoms with van der Waals surface area (Å²) in [7, 11) is 0. The number of fused-ring (bicyclic) bond motifs is 1. The summed E-state index contributed by atoms with van der Waals surface area (Å²) in [5, 5.41) is 4.97. The molecule has 24 heavy (non-hydrogen) atoms. The third kappa shape index (κ3) is 3.10. The number of aromatic amines is 1. The van der Waals surface area contributed by atoms with E-state index in [4.69, 9.17) is 0 Å². The molecule has 1 aromatic carbocycles. The van der Waals surface area contributed by atoms with Crippen molar-refractivity contribution >= 4 is 10.9 Å². The first-order valence-corrected chi connectivity index (χ1v) is 8.49. The van der Waals surface area contributed by atoms with Crippen LogP contribution in [0.3, 0.4) is 0 Å². The number of nitrogens with one attached hydrogen (secondary N) is 1. The Balaban J connectivity index is 1.57. The fourth-order valence-electron chi connectivity index (χ4n) is 3.50. The normalized spacial score (nSPS) is 18.9. The van der Waals surface area contributed by atoms with Gasteiger partial charge in [-0.05, 0) is 37.6 Å². The topological polar surface area (TPSA) is 66.8 Å². The number of para-hydroxylation sites is 1. The van der Waals surface area contributed by atoms with Crippen LogP contribution in [0.1, 0.15) is 25.1 Å². The van der Waals surface area contributed by atoms with E-state index in [1.807, 2.05) is 47.4 Å². The fourth-order valence-corrected chi connectivity index (χ4v) is 3.50. The Labute approximate surface area is 140 Å². The predicted octanol–water partition coefficient (Wildman–Crippen LogP) is 2.17. The number of hydrogen-bond acceptors (Lipinski definition) is 4. The van der Waals surface area contributed by atoms with E-state index in [0.29, 0.717) is 18.0 Å². The minimum Gasteiger partial charge on any atom is -0.309 e. The highest BCUT2D eigenvalue weighted by Gasteiger charge is 2.23. The molecule has 0 spiro atoms. The van der Waals surface area contributed by atoms with Crippen molar-refractivity contribution in [3.63, 3.8) is 0 Å². The summed E-state index contributed by atoms with van der Waals surface area (Å²) >= 11 is 0. The largest absolute Gasteiger partial charge is 0.309 e. The van der Waals surface area contributed by atoms with Crippen LogP contribution in [0.25, 0.3) is 10.9 Å². The molecular weight excluding hydrogens is 302 g/mol. The van der Waals surface area contributed by atoms with Gasteiger partial charge in [0.25, 0.3) is 5.56 Å². The van der Waals surface area contributed by atoms with Gasteiger partial charge in [0.05, 0.1) is 24.0 Å². The lowest BCUT2D eigenvalue weighted by Gasteiger charge is -2.35. The standard InChI is InChI=1S/C18H21N5O/c24-18-15-7-1-2-8-16(15)20-17(21-18)13-22-10-4-3-6-14(22)12-23-11-5-9-19-23/h1-2,5,7-9,11,14H,3-4,6,10,12-13H2,(H,20,21,24)/t14-/m0/s1. The van der Waals surface area contributed by atoms with Gasteiger partial charge in [0.15, 0.2) is 0 Å². The van der Waals surface area contributed by atoms with E-state index in [-0.39, 0.29) is 5.56 Å². The molecule has 1 aliphatic heterocycles. The predicted molar refractivity (Wildman–Crippen MR) is 92.6 cm³/mol. The number of aromatic nitrogens is 4. The summed E-state index contributed by atoms with van der Waals surface area (Å²) in [6.45, 7) is 2.58. The maximum Gasteiger partial charge on any atom is 0.258 e. The second-order valence-corrected chi connectivity index (χ2v) is 6.38. The minimum atomic E-state index is -0.0590. The molecule has 0 amide bonds. The van der Waals surface area contributed by atoms with Crippen molar-refractivity contribution in [2.24, 2.45) is 0 Å². The molecule has 1 atom stereocenters. The van der Waals surface area contributed by atoms with Crippen LogP contribution in [-0.2, 0) is 13.1 Å².